The monoisotopic (exact) mass is 443 g/mol. The van der Waals surface area contributed by atoms with Gasteiger partial charge in [0.2, 0.25) is 11.8 Å². The number of hydrogen-bond donors (Lipinski definition) is 1. The number of amides is 3. The SMILES string of the molecule is CCC(C)=NOC(=O)NC(C)(C)c1cccc(C(C)(C)CC2C(=O)N(CC)C(=O)C2C)c1. The Balaban J connectivity index is 2.21. The van der Waals surface area contributed by atoms with E-state index in [0.717, 1.165) is 16.8 Å². The maximum absolute atomic E-state index is 12.8. The van der Waals surface area contributed by atoms with E-state index in [4.69, 9.17) is 4.84 Å². The van der Waals surface area contributed by atoms with Crippen molar-refractivity contribution in [1.29, 1.82) is 0 Å². The molecular formula is C25H37N3O4. The molecule has 1 N–H and O–H groups in total. The third kappa shape index (κ3) is 5.56. The van der Waals surface area contributed by atoms with Crippen LogP contribution in [0.4, 0.5) is 4.79 Å². The van der Waals surface area contributed by atoms with Gasteiger partial charge in [-0.25, -0.2) is 4.79 Å². The second-order valence-electron chi connectivity index (χ2n) is 9.79. The summed E-state index contributed by atoms with van der Waals surface area (Å²) in [5.41, 5.74) is 1.66. The van der Waals surface area contributed by atoms with Crippen LogP contribution in [0.25, 0.3) is 0 Å². The van der Waals surface area contributed by atoms with Gasteiger partial charge in [-0.05, 0) is 57.1 Å². The molecule has 2 rings (SSSR count). The molecule has 0 bridgehead atoms. The number of imide groups is 1. The fraction of sp³-hybridized carbons (Fsp3) is 0.600. The number of nitrogens with zero attached hydrogens (tertiary/aromatic N) is 2. The van der Waals surface area contributed by atoms with Gasteiger partial charge in [0.05, 0.1) is 17.2 Å². The van der Waals surface area contributed by atoms with Gasteiger partial charge in [0.15, 0.2) is 0 Å². The molecule has 2 atom stereocenters. The first-order valence-electron chi connectivity index (χ1n) is 11.3. The molecule has 1 aromatic rings. The summed E-state index contributed by atoms with van der Waals surface area (Å²) in [4.78, 5) is 43.7. The molecule has 7 heteroatoms. The molecule has 1 fully saturated rings. The number of carbonyl (C=O) groups excluding carboxylic acids is 3. The van der Waals surface area contributed by atoms with Gasteiger partial charge in [-0.15, -0.1) is 0 Å². The molecule has 1 heterocycles. The summed E-state index contributed by atoms with van der Waals surface area (Å²) in [7, 11) is 0. The molecule has 3 amide bonds. The van der Waals surface area contributed by atoms with E-state index in [1.807, 2.05) is 58.9 Å². The van der Waals surface area contributed by atoms with Crippen LogP contribution in [-0.4, -0.2) is 35.1 Å². The second-order valence-corrected chi connectivity index (χ2v) is 9.79. The number of benzene rings is 1. The van der Waals surface area contributed by atoms with Crippen LogP contribution in [0, 0.1) is 11.8 Å². The molecule has 0 aliphatic carbocycles. The Morgan fingerprint density at radius 2 is 1.75 bits per heavy atom. The van der Waals surface area contributed by atoms with Gasteiger partial charge in [-0.2, -0.15) is 0 Å². The highest BCUT2D eigenvalue weighted by atomic mass is 16.7. The Morgan fingerprint density at radius 3 is 2.31 bits per heavy atom. The van der Waals surface area contributed by atoms with Crippen molar-refractivity contribution >= 4 is 23.6 Å². The summed E-state index contributed by atoms with van der Waals surface area (Å²) in [6.07, 6.45) is 0.660. The predicted octanol–water partition coefficient (Wildman–Crippen LogP) is 4.74. The van der Waals surface area contributed by atoms with Crippen LogP contribution in [0.1, 0.15) is 79.4 Å². The summed E-state index contributed by atoms with van der Waals surface area (Å²) in [5.74, 6) is -0.814. The van der Waals surface area contributed by atoms with E-state index >= 15 is 0 Å². The molecule has 2 unspecified atom stereocenters. The van der Waals surface area contributed by atoms with Crippen molar-refractivity contribution in [3.63, 3.8) is 0 Å². The van der Waals surface area contributed by atoms with E-state index in [1.54, 1.807) is 6.92 Å². The molecule has 0 spiro atoms. The normalized spacial score (nSPS) is 20.0. The van der Waals surface area contributed by atoms with Crippen LogP contribution in [0.5, 0.6) is 0 Å². The van der Waals surface area contributed by atoms with E-state index in [2.05, 4.69) is 24.3 Å². The van der Waals surface area contributed by atoms with Gasteiger partial charge in [-0.1, -0.05) is 57.1 Å². The maximum atomic E-state index is 12.8. The number of nitrogens with one attached hydrogen (secondary N) is 1. The average molecular weight is 444 g/mol. The summed E-state index contributed by atoms with van der Waals surface area (Å²) < 4.78 is 0. The van der Waals surface area contributed by atoms with Crippen LogP contribution >= 0.6 is 0 Å². The minimum atomic E-state index is -0.690. The first kappa shape index (κ1) is 25.6. The van der Waals surface area contributed by atoms with Crippen LogP contribution in [0.3, 0.4) is 0 Å². The standard InChI is InChI=1S/C25H37N3O4/c1-9-16(3)27-32-23(31)26-25(7,8)19-13-11-12-18(14-19)24(5,6)15-20-17(4)21(29)28(10-2)22(20)30/h11-14,17,20H,9-10,15H2,1-8H3,(H,26,31). The summed E-state index contributed by atoms with van der Waals surface area (Å²) >= 11 is 0. The Hall–Kier alpha value is -2.70. The van der Waals surface area contributed by atoms with Crippen molar-refractivity contribution in [3.05, 3.63) is 35.4 Å². The van der Waals surface area contributed by atoms with Crippen molar-refractivity contribution in [2.24, 2.45) is 17.0 Å². The first-order valence-corrected chi connectivity index (χ1v) is 11.3. The fourth-order valence-electron chi connectivity index (χ4n) is 4.05. The van der Waals surface area contributed by atoms with E-state index in [1.165, 1.54) is 4.90 Å². The lowest BCUT2D eigenvalue weighted by atomic mass is 9.73. The average Bonchev–Trinajstić information content (AvgIpc) is 2.94. The molecule has 1 saturated heterocycles. The Labute approximate surface area is 191 Å². The number of rotatable bonds is 8. The largest absolute Gasteiger partial charge is 0.434 e. The minimum absolute atomic E-state index is 0.0816. The van der Waals surface area contributed by atoms with E-state index in [0.29, 0.717) is 19.4 Å². The molecule has 1 aliphatic heterocycles. The van der Waals surface area contributed by atoms with Gasteiger partial charge in [0.1, 0.15) is 0 Å². The molecular weight excluding hydrogens is 406 g/mol. The molecule has 32 heavy (non-hydrogen) atoms. The highest BCUT2D eigenvalue weighted by Crippen LogP contribution is 2.39. The van der Waals surface area contributed by atoms with Gasteiger partial charge in [0.25, 0.3) is 0 Å². The van der Waals surface area contributed by atoms with Crippen LogP contribution in [0.2, 0.25) is 0 Å². The topological polar surface area (TPSA) is 88.1 Å². The summed E-state index contributed by atoms with van der Waals surface area (Å²) in [6.45, 7) is 15.8. The predicted molar refractivity (Wildman–Crippen MR) is 125 cm³/mol. The smallest absolute Gasteiger partial charge is 0.311 e. The quantitative estimate of drug-likeness (QED) is 0.272. The second kappa shape index (κ2) is 9.84. The van der Waals surface area contributed by atoms with Crippen molar-refractivity contribution < 1.29 is 19.2 Å². The lowest BCUT2D eigenvalue weighted by Crippen LogP contribution is -2.41. The van der Waals surface area contributed by atoms with Gasteiger partial charge < -0.3 is 5.32 Å². The number of carbonyl (C=O) groups is 3. The molecule has 1 aliphatic rings. The minimum Gasteiger partial charge on any atom is -0.311 e. The highest BCUT2D eigenvalue weighted by Gasteiger charge is 2.46. The van der Waals surface area contributed by atoms with E-state index in [9.17, 15) is 14.4 Å². The van der Waals surface area contributed by atoms with E-state index < -0.39 is 11.6 Å². The highest BCUT2D eigenvalue weighted by molar-refractivity contribution is 6.04. The van der Waals surface area contributed by atoms with Gasteiger partial charge in [-0.3, -0.25) is 19.3 Å². The van der Waals surface area contributed by atoms with Crippen LogP contribution in [0.15, 0.2) is 29.4 Å². The number of likely N-dealkylation sites (tertiary alicyclic amines) is 1. The fourth-order valence-corrected chi connectivity index (χ4v) is 4.05. The molecule has 0 aromatic heterocycles. The van der Waals surface area contributed by atoms with Crippen molar-refractivity contribution in [3.8, 4) is 0 Å². The number of oxime groups is 1. The zero-order valence-electron chi connectivity index (χ0n) is 20.6. The maximum Gasteiger partial charge on any atom is 0.434 e. The Morgan fingerprint density at radius 1 is 1.12 bits per heavy atom. The van der Waals surface area contributed by atoms with Gasteiger partial charge in [0, 0.05) is 12.5 Å². The Bertz CT molecular complexity index is 904. The number of hydrogen-bond acceptors (Lipinski definition) is 5. The lowest BCUT2D eigenvalue weighted by molar-refractivity contribution is -0.139. The van der Waals surface area contributed by atoms with Crippen molar-refractivity contribution in [1.82, 2.24) is 10.2 Å². The van der Waals surface area contributed by atoms with Gasteiger partial charge >= 0.3 is 6.09 Å². The zero-order chi connectivity index (χ0) is 24.3. The van der Waals surface area contributed by atoms with E-state index in [-0.39, 0.29) is 29.1 Å². The third-order valence-corrected chi connectivity index (χ3v) is 6.47. The van der Waals surface area contributed by atoms with Crippen molar-refractivity contribution in [2.75, 3.05) is 6.54 Å². The van der Waals surface area contributed by atoms with Crippen molar-refractivity contribution in [2.45, 2.75) is 79.2 Å². The Kier molecular flexibility index (Phi) is 7.86. The zero-order valence-corrected chi connectivity index (χ0v) is 20.6. The lowest BCUT2D eigenvalue weighted by Gasteiger charge is -2.31. The molecule has 1 aromatic carbocycles. The molecule has 0 saturated carbocycles. The van der Waals surface area contributed by atoms with Crippen LogP contribution in [-0.2, 0) is 25.4 Å². The summed E-state index contributed by atoms with van der Waals surface area (Å²) in [6, 6.07) is 7.97. The molecule has 176 valence electrons. The van der Waals surface area contributed by atoms with Crippen LogP contribution < -0.4 is 5.32 Å². The summed E-state index contributed by atoms with van der Waals surface area (Å²) in [5, 5.41) is 6.67. The molecule has 0 radical (unpaired) electrons. The molecule has 7 nitrogen and oxygen atoms in total. The first-order chi connectivity index (χ1) is 14.8. The third-order valence-electron chi connectivity index (χ3n) is 6.47.